The number of nitrogens with two attached hydrogens (primary N) is 1. The summed E-state index contributed by atoms with van der Waals surface area (Å²) in [4.78, 5) is 0. The van der Waals surface area contributed by atoms with Crippen molar-refractivity contribution in [2.75, 3.05) is 11.1 Å². The minimum atomic E-state index is -0.718. The molecule has 0 bridgehead atoms. The lowest BCUT2D eigenvalue weighted by Gasteiger charge is -1.98. The Morgan fingerprint density at radius 3 is 2.36 bits per heavy atom. The Hall–Kier alpha value is -1.08. The molecule has 0 saturated heterocycles. The van der Waals surface area contributed by atoms with Gasteiger partial charge >= 0.3 is 0 Å². The van der Waals surface area contributed by atoms with E-state index in [0.717, 1.165) is 12.1 Å². The zero-order valence-electron chi connectivity index (χ0n) is 7.28. The van der Waals surface area contributed by atoms with E-state index < -0.39 is 11.6 Å². The van der Waals surface area contributed by atoms with Gasteiger partial charge in [0.25, 0.3) is 0 Å². The van der Waals surface area contributed by atoms with Crippen LogP contribution < -0.4 is 5.73 Å². The Morgan fingerprint density at radius 2 is 1.86 bits per heavy atom. The number of alkyl halides is 1. The zero-order chi connectivity index (χ0) is 10.6. The number of hydrogen-bond donors (Lipinski definition) is 1. The van der Waals surface area contributed by atoms with Crippen LogP contribution >= 0.6 is 15.9 Å². The van der Waals surface area contributed by atoms with Gasteiger partial charge in [0.1, 0.15) is 11.6 Å². The molecule has 0 radical (unpaired) electrons. The molecule has 1 nitrogen and oxygen atoms in total. The first-order chi connectivity index (χ1) is 6.65. The van der Waals surface area contributed by atoms with E-state index >= 15 is 0 Å². The lowest BCUT2D eigenvalue weighted by molar-refractivity contribution is 0.578. The SMILES string of the molecule is Nc1cc(F)c(C#CCCBr)c(F)c1. The van der Waals surface area contributed by atoms with Crippen molar-refractivity contribution < 1.29 is 8.78 Å². The fourth-order valence-corrected chi connectivity index (χ4v) is 1.11. The summed E-state index contributed by atoms with van der Waals surface area (Å²) >= 11 is 3.16. The molecule has 74 valence electrons. The predicted octanol–water partition coefficient (Wildman–Crippen LogP) is 2.68. The summed E-state index contributed by atoms with van der Waals surface area (Å²) in [6.07, 6.45) is 0.545. The summed E-state index contributed by atoms with van der Waals surface area (Å²) in [6, 6.07) is 2.11. The maximum Gasteiger partial charge on any atom is 0.143 e. The molecule has 0 saturated carbocycles. The highest BCUT2D eigenvalue weighted by Crippen LogP contribution is 2.15. The molecular formula is C10H8BrF2N. The third-order valence-corrected chi connectivity index (χ3v) is 1.89. The first-order valence-corrected chi connectivity index (χ1v) is 5.06. The van der Waals surface area contributed by atoms with Crippen LogP contribution in [0, 0.1) is 23.5 Å². The number of anilines is 1. The van der Waals surface area contributed by atoms with Gasteiger partial charge < -0.3 is 5.73 Å². The lowest BCUT2D eigenvalue weighted by atomic mass is 10.2. The molecule has 4 heteroatoms. The molecule has 0 aliphatic heterocycles. The van der Waals surface area contributed by atoms with Gasteiger partial charge in [-0.15, -0.1) is 0 Å². The van der Waals surface area contributed by atoms with E-state index in [4.69, 9.17) is 5.73 Å². The van der Waals surface area contributed by atoms with Crippen LogP contribution in [0.15, 0.2) is 12.1 Å². The number of halogens is 3. The van der Waals surface area contributed by atoms with E-state index in [0.29, 0.717) is 11.8 Å². The molecule has 0 atom stereocenters. The van der Waals surface area contributed by atoms with Crippen molar-refractivity contribution in [3.05, 3.63) is 29.3 Å². The highest BCUT2D eigenvalue weighted by molar-refractivity contribution is 9.09. The molecule has 0 aromatic heterocycles. The Kier molecular flexibility index (Phi) is 3.90. The summed E-state index contributed by atoms with van der Waals surface area (Å²) < 4.78 is 26.2. The van der Waals surface area contributed by atoms with E-state index in [1.807, 2.05) is 0 Å². The molecule has 2 N–H and O–H groups in total. The summed E-state index contributed by atoms with van der Waals surface area (Å²) in [7, 11) is 0. The van der Waals surface area contributed by atoms with E-state index in [9.17, 15) is 8.78 Å². The van der Waals surface area contributed by atoms with Crippen LogP contribution in [0.4, 0.5) is 14.5 Å². The second-order valence-electron chi connectivity index (χ2n) is 2.60. The highest BCUT2D eigenvalue weighted by atomic mass is 79.9. The molecule has 0 fully saturated rings. The van der Waals surface area contributed by atoms with Gasteiger partial charge in [0.2, 0.25) is 0 Å². The molecule has 1 aromatic rings. The van der Waals surface area contributed by atoms with Crippen LogP contribution in [0.25, 0.3) is 0 Å². The molecule has 0 heterocycles. The van der Waals surface area contributed by atoms with Crippen molar-refractivity contribution in [3.63, 3.8) is 0 Å². The van der Waals surface area contributed by atoms with Crippen LogP contribution in [0.2, 0.25) is 0 Å². The van der Waals surface area contributed by atoms with Crippen LogP contribution in [-0.2, 0) is 0 Å². The number of nitrogen functional groups attached to an aromatic ring is 1. The minimum Gasteiger partial charge on any atom is -0.399 e. The monoisotopic (exact) mass is 259 g/mol. The van der Waals surface area contributed by atoms with Crippen molar-refractivity contribution in [2.45, 2.75) is 6.42 Å². The van der Waals surface area contributed by atoms with Crippen molar-refractivity contribution in [2.24, 2.45) is 0 Å². The van der Waals surface area contributed by atoms with Crippen LogP contribution in [0.5, 0.6) is 0 Å². The van der Waals surface area contributed by atoms with Crippen LogP contribution in [0.3, 0.4) is 0 Å². The summed E-state index contributed by atoms with van der Waals surface area (Å²) in [5, 5.41) is 0.679. The van der Waals surface area contributed by atoms with Crippen LogP contribution in [-0.4, -0.2) is 5.33 Å². The molecule has 1 rings (SSSR count). The predicted molar refractivity (Wildman–Crippen MR) is 56.1 cm³/mol. The maximum absolute atomic E-state index is 13.1. The van der Waals surface area contributed by atoms with Gasteiger partial charge in [0, 0.05) is 17.4 Å². The molecule has 0 aliphatic rings. The Morgan fingerprint density at radius 1 is 1.29 bits per heavy atom. The standard InChI is InChI=1S/C10H8BrF2N/c11-4-2-1-3-8-9(12)5-7(14)6-10(8)13/h5-6H,2,4,14H2. The van der Waals surface area contributed by atoms with Gasteiger partial charge in [-0.1, -0.05) is 27.8 Å². The first kappa shape index (κ1) is 11.0. The van der Waals surface area contributed by atoms with Crippen molar-refractivity contribution in [1.82, 2.24) is 0 Å². The number of hydrogen-bond acceptors (Lipinski definition) is 1. The molecule has 0 aliphatic carbocycles. The highest BCUT2D eigenvalue weighted by Gasteiger charge is 2.06. The summed E-state index contributed by atoms with van der Waals surface area (Å²) in [6.45, 7) is 0. The van der Waals surface area contributed by atoms with E-state index in [1.54, 1.807) is 0 Å². The van der Waals surface area contributed by atoms with Crippen molar-refractivity contribution in [1.29, 1.82) is 0 Å². The van der Waals surface area contributed by atoms with Crippen molar-refractivity contribution in [3.8, 4) is 11.8 Å². The normalized spacial score (nSPS) is 9.36. The fourth-order valence-electron chi connectivity index (χ4n) is 0.910. The Labute approximate surface area is 89.4 Å². The topological polar surface area (TPSA) is 26.0 Å². The average molecular weight is 260 g/mol. The van der Waals surface area contributed by atoms with Gasteiger partial charge in [-0.3, -0.25) is 0 Å². The zero-order valence-corrected chi connectivity index (χ0v) is 8.87. The third-order valence-electron chi connectivity index (χ3n) is 1.50. The fraction of sp³-hybridized carbons (Fsp3) is 0.200. The molecule has 0 spiro atoms. The molecule has 14 heavy (non-hydrogen) atoms. The Balaban J connectivity index is 3.04. The van der Waals surface area contributed by atoms with Gasteiger partial charge in [-0.25, -0.2) is 8.78 Å². The van der Waals surface area contributed by atoms with Gasteiger partial charge in [-0.2, -0.15) is 0 Å². The number of rotatable bonds is 1. The third kappa shape index (κ3) is 2.71. The molecule has 1 aromatic carbocycles. The first-order valence-electron chi connectivity index (χ1n) is 3.94. The summed E-state index contributed by atoms with van der Waals surface area (Å²) in [5.74, 6) is 3.62. The van der Waals surface area contributed by atoms with E-state index in [2.05, 4.69) is 27.8 Å². The Bertz CT molecular complexity index is 370. The second-order valence-corrected chi connectivity index (χ2v) is 3.39. The van der Waals surface area contributed by atoms with Crippen molar-refractivity contribution >= 4 is 21.6 Å². The van der Waals surface area contributed by atoms with Crippen LogP contribution in [0.1, 0.15) is 12.0 Å². The molecule has 0 unspecified atom stereocenters. The van der Waals surface area contributed by atoms with Gasteiger partial charge in [-0.05, 0) is 12.1 Å². The minimum absolute atomic E-state index is 0.0611. The molecular weight excluding hydrogens is 252 g/mol. The smallest absolute Gasteiger partial charge is 0.143 e. The number of benzene rings is 1. The quantitative estimate of drug-likeness (QED) is 0.469. The average Bonchev–Trinajstić information content (AvgIpc) is 2.09. The maximum atomic E-state index is 13.1. The molecule has 0 amide bonds. The largest absolute Gasteiger partial charge is 0.399 e. The lowest BCUT2D eigenvalue weighted by Crippen LogP contribution is -1.94. The summed E-state index contributed by atoms with van der Waals surface area (Å²) in [5.41, 5.74) is 5.09. The second kappa shape index (κ2) is 4.97. The van der Waals surface area contributed by atoms with Gasteiger partial charge in [0.15, 0.2) is 0 Å². The van der Waals surface area contributed by atoms with Gasteiger partial charge in [0.05, 0.1) is 5.56 Å². The van der Waals surface area contributed by atoms with E-state index in [-0.39, 0.29) is 11.3 Å². The van der Waals surface area contributed by atoms with E-state index in [1.165, 1.54) is 0 Å².